The maximum absolute atomic E-state index is 13.1. The molecular weight excluding hydrogens is 388 g/mol. The third-order valence-electron chi connectivity index (χ3n) is 4.88. The van der Waals surface area contributed by atoms with Crippen molar-refractivity contribution < 1.29 is 8.42 Å². The molecule has 2 aromatic heterocycles. The van der Waals surface area contributed by atoms with Gasteiger partial charge in [-0.1, -0.05) is 12.1 Å². The van der Waals surface area contributed by atoms with Gasteiger partial charge in [0.25, 0.3) is 5.56 Å². The summed E-state index contributed by atoms with van der Waals surface area (Å²) in [6.45, 7) is 0. The molecule has 2 aromatic carbocycles. The third-order valence-corrected chi connectivity index (χ3v) is 6.70. The first-order valence-corrected chi connectivity index (χ1v) is 10.2. The van der Waals surface area contributed by atoms with E-state index in [1.54, 1.807) is 50.5 Å². The van der Waals surface area contributed by atoms with E-state index in [4.69, 9.17) is 0 Å². The van der Waals surface area contributed by atoms with E-state index in [9.17, 15) is 18.5 Å². The van der Waals surface area contributed by atoms with Gasteiger partial charge in [0.2, 0.25) is 9.84 Å². The van der Waals surface area contributed by atoms with E-state index in [1.165, 1.54) is 33.8 Å². The second-order valence-corrected chi connectivity index (χ2v) is 8.57. The number of pyridine rings is 1. The number of fused-ring (bicyclic) bond motifs is 1. The smallest absolute Gasteiger partial charge is 0.251 e. The van der Waals surface area contributed by atoms with Crippen LogP contribution in [-0.2, 0) is 23.9 Å². The Bertz CT molecular complexity index is 1470. The predicted molar refractivity (Wildman–Crippen MR) is 108 cm³/mol. The van der Waals surface area contributed by atoms with E-state index >= 15 is 0 Å². The number of nitrogens with zero attached hydrogens (tertiary/aromatic N) is 4. The first-order valence-electron chi connectivity index (χ1n) is 8.68. The summed E-state index contributed by atoms with van der Waals surface area (Å²) >= 11 is 0. The fourth-order valence-electron chi connectivity index (χ4n) is 3.33. The highest BCUT2D eigenvalue weighted by Crippen LogP contribution is 2.31. The van der Waals surface area contributed by atoms with Crippen LogP contribution in [0.1, 0.15) is 5.56 Å². The van der Waals surface area contributed by atoms with Crippen LogP contribution in [0.2, 0.25) is 0 Å². The normalized spacial score (nSPS) is 11.5. The van der Waals surface area contributed by atoms with Crippen molar-refractivity contribution in [2.24, 2.45) is 14.1 Å². The lowest BCUT2D eigenvalue weighted by atomic mass is 9.99. The Hall–Kier alpha value is -3.70. The molecule has 0 aliphatic rings. The number of sulfone groups is 1. The monoisotopic (exact) mass is 404 g/mol. The van der Waals surface area contributed by atoms with Gasteiger partial charge in [-0.2, -0.15) is 5.26 Å². The van der Waals surface area contributed by atoms with Gasteiger partial charge in [0.15, 0.2) is 5.03 Å². The molecule has 7 nitrogen and oxygen atoms in total. The number of benzene rings is 2. The van der Waals surface area contributed by atoms with E-state index in [1.807, 2.05) is 0 Å². The summed E-state index contributed by atoms with van der Waals surface area (Å²) < 4.78 is 29.1. The van der Waals surface area contributed by atoms with Crippen LogP contribution < -0.4 is 5.56 Å². The van der Waals surface area contributed by atoms with Gasteiger partial charge in [-0.25, -0.2) is 13.4 Å². The molecule has 0 N–H and O–H groups in total. The van der Waals surface area contributed by atoms with Crippen LogP contribution in [0, 0.1) is 11.3 Å². The van der Waals surface area contributed by atoms with Crippen molar-refractivity contribution in [3.8, 4) is 17.2 Å². The van der Waals surface area contributed by atoms with Gasteiger partial charge in [-0.05, 0) is 41.5 Å². The quantitative estimate of drug-likeness (QED) is 0.523. The average molecular weight is 404 g/mol. The zero-order valence-electron chi connectivity index (χ0n) is 15.7. The maximum Gasteiger partial charge on any atom is 0.251 e. The van der Waals surface area contributed by atoms with Crippen molar-refractivity contribution in [3.63, 3.8) is 0 Å². The minimum Gasteiger partial charge on any atom is -0.325 e. The minimum absolute atomic E-state index is 0.0784. The summed E-state index contributed by atoms with van der Waals surface area (Å²) in [6.07, 6.45) is 2.73. The number of aryl methyl sites for hydroxylation is 2. The van der Waals surface area contributed by atoms with Crippen LogP contribution >= 0.6 is 0 Å². The Balaban J connectivity index is 2.04. The first kappa shape index (κ1) is 18.7. The van der Waals surface area contributed by atoms with Crippen LogP contribution in [0.3, 0.4) is 0 Å². The second kappa shape index (κ2) is 6.72. The van der Waals surface area contributed by atoms with Gasteiger partial charge in [0, 0.05) is 25.5 Å². The first-order chi connectivity index (χ1) is 13.8. The molecule has 0 saturated carbocycles. The number of hydrogen-bond donors (Lipinski definition) is 0. The molecule has 0 atom stereocenters. The Kier molecular flexibility index (Phi) is 4.32. The molecule has 144 valence electrons. The van der Waals surface area contributed by atoms with E-state index in [2.05, 4.69) is 11.1 Å². The molecule has 0 amide bonds. The number of imidazole rings is 1. The van der Waals surface area contributed by atoms with Crippen LogP contribution in [0.4, 0.5) is 0 Å². The van der Waals surface area contributed by atoms with Crippen LogP contribution in [0.25, 0.3) is 22.0 Å². The summed E-state index contributed by atoms with van der Waals surface area (Å²) in [5.74, 6) is 0. The molecule has 29 heavy (non-hydrogen) atoms. The second-order valence-electron chi connectivity index (χ2n) is 6.67. The highest BCUT2D eigenvalue weighted by molar-refractivity contribution is 7.91. The van der Waals surface area contributed by atoms with E-state index in [0.717, 1.165) is 0 Å². The minimum atomic E-state index is -3.79. The molecular formula is C21H16N4O3S. The van der Waals surface area contributed by atoms with E-state index in [0.29, 0.717) is 27.6 Å². The molecule has 8 heteroatoms. The van der Waals surface area contributed by atoms with Crippen molar-refractivity contribution >= 4 is 20.7 Å². The molecule has 4 rings (SSSR count). The van der Waals surface area contributed by atoms with Crippen LogP contribution in [0.15, 0.2) is 75.8 Å². The topological polar surface area (TPSA) is 97.8 Å². The molecule has 0 aliphatic heterocycles. The predicted octanol–water partition coefficient (Wildman–Crippen LogP) is 2.64. The highest BCUT2D eigenvalue weighted by atomic mass is 32.2. The number of nitriles is 1. The average Bonchev–Trinajstić information content (AvgIpc) is 3.17. The van der Waals surface area contributed by atoms with Gasteiger partial charge in [0.05, 0.1) is 34.6 Å². The molecule has 0 fully saturated rings. The lowest BCUT2D eigenvalue weighted by molar-refractivity contribution is 0.586. The standard InChI is InChI=1S/C21H16N4O3S/c1-24-13-23-12-21(24)29(27,28)16-6-7-19-18(9-16)17(10-20(26)25(19)2)15-5-3-4-14(8-15)11-22/h3-10,12-13H,1-2H3. The lowest BCUT2D eigenvalue weighted by Crippen LogP contribution is -2.16. The third kappa shape index (κ3) is 3.02. The molecule has 0 spiro atoms. The lowest BCUT2D eigenvalue weighted by Gasteiger charge is -2.13. The van der Waals surface area contributed by atoms with Gasteiger partial charge >= 0.3 is 0 Å². The summed E-state index contributed by atoms with van der Waals surface area (Å²) in [7, 11) is -0.543. The van der Waals surface area contributed by atoms with Gasteiger partial charge in [-0.3, -0.25) is 4.79 Å². The molecule has 0 radical (unpaired) electrons. The van der Waals surface area contributed by atoms with Crippen molar-refractivity contribution in [2.75, 3.05) is 0 Å². The fourth-order valence-corrected chi connectivity index (χ4v) is 4.71. The largest absolute Gasteiger partial charge is 0.325 e. The SMILES string of the molecule is Cn1cncc1S(=O)(=O)c1ccc2c(c1)c(-c1cccc(C#N)c1)cc(=O)n2C. The Labute approximate surface area is 167 Å². The summed E-state index contributed by atoms with van der Waals surface area (Å²) in [6, 6.07) is 15.1. The Morgan fingerprint density at radius 2 is 1.86 bits per heavy atom. The fraction of sp³-hybridized carbons (Fsp3) is 0.0952. The van der Waals surface area contributed by atoms with Crippen molar-refractivity contribution in [2.45, 2.75) is 9.92 Å². The van der Waals surface area contributed by atoms with Gasteiger partial charge in [0.1, 0.15) is 0 Å². The van der Waals surface area contributed by atoms with Gasteiger partial charge in [-0.15, -0.1) is 0 Å². The molecule has 0 aliphatic carbocycles. The highest BCUT2D eigenvalue weighted by Gasteiger charge is 2.22. The molecule has 0 unspecified atom stereocenters. The van der Waals surface area contributed by atoms with E-state index < -0.39 is 9.84 Å². The summed E-state index contributed by atoms with van der Waals surface area (Å²) in [5.41, 5.74) is 2.06. The van der Waals surface area contributed by atoms with Crippen molar-refractivity contribution in [1.29, 1.82) is 5.26 Å². The number of rotatable bonds is 3. The molecule has 4 aromatic rings. The van der Waals surface area contributed by atoms with Crippen LogP contribution in [-0.4, -0.2) is 22.5 Å². The molecule has 0 saturated heterocycles. The Morgan fingerprint density at radius 3 is 2.55 bits per heavy atom. The van der Waals surface area contributed by atoms with Crippen LogP contribution in [0.5, 0.6) is 0 Å². The Morgan fingerprint density at radius 1 is 1.07 bits per heavy atom. The van der Waals surface area contributed by atoms with Crippen molar-refractivity contribution in [1.82, 2.24) is 14.1 Å². The van der Waals surface area contributed by atoms with Crippen molar-refractivity contribution in [3.05, 3.63) is 77.0 Å². The molecule has 2 heterocycles. The summed E-state index contributed by atoms with van der Waals surface area (Å²) in [4.78, 5) is 16.5. The summed E-state index contributed by atoms with van der Waals surface area (Å²) in [5, 5.41) is 9.88. The molecule has 0 bridgehead atoms. The maximum atomic E-state index is 13.1. The van der Waals surface area contributed by atoms with E-state index in [-0.39, 0.29) is 15.5 Å². The number of hydrogen-bond acceptors (Lipinski definition) is 5. The zero-order chi connectivity index (χ0) is 20.8. The van der Waals surface area contributed by atoms with Gasteiger partial charge < -0.3 is 9.13 Å². The zero-order valence-corrected chi connectivity index (χ0v) is 16.5. The number of aromatic nitrogens is 3.